The van der Waals surface area contributed by atoms with Crippen molar-refractivity contribution in [2.24, 2.45) is 22.9 Å². The Balaban J connectivity index is 1.72. The molecule has 0 aromatic heterocycles. The summed E-state index contributed by atoms with van der Waals surface area (Å²) in [5.41, 5.74) is 3.01. The molecular weight excluding hydrogens is 691 g/mol. The number of hydrogen-bond donors (Lipinski definition) is 2. The van der Waals surface area contributed by atoms with Crippen molar-refractivity contribution in [3.05, 3.63) is 96.4 Å². The first-order chi connectivity index (χ1) is 26.4. The van der Waals surface area contributed by atoms with E-state index in [1.807, 2.05) is 25.1 Å². The van der Waals surface area contributed by atoms with E-state index in [0.29, 0.717) is 55.0 Å². The van der Waals surface area contributed by atoms with Crippen LogP contribution in [0.25, 0.3) is 0 Å². The number of nitrogens with zero attached hydrogens (tertiary/aromatic N) is 2. The summed E-state index contributed by atoms with van der Waals surface area (Å²) in [5.74, 6) is -1.05. The second kappa shape index (κ2) is 19.9. The molecule has 1 heterocycles. The Hall–Kier alpha value is -4.19. The van der Waals surface area contributed by atoms with Crippen LogP contribution in [0.4, 0.5) is 9.18 Å². The first kappa shape index (κ1) is 41.0. The number of aliphatic hydroxyl groups is 2. The molecule has 0 radical (unpaired) electrons. The number of halogens is 1. The summed E-state index contributed by atoms with van der Waals surface area (Å²) in [7, 11) is 1.52. The topological polar surface area (TPSA) is 119 Å². The fourth-order valence-corrected chi connectivity index (χ4v) is 8.55. The fourth-order valence-electron chi connectivity index (χ4n) is 8.55. The molecule has 5 rings (SSSR count). The maximum Gasteiger partial charge on any atom is 0.410 e. The van der Waals surface area contributed by atoms with E-state index < -0.39 is 23.8 Å². The molecule has 1 amide bonds. The number of amides is 1. The normalized spacial score (nSPS) is 24.7. The molecule has 0 saturated heterocycles. The van der Waals surface area contributed by atoms with Crippen molar-refractivity contribution >= 4 is 11.8 Å². The molecule has 10 nitrogen and oxygen atoms in total. The molecule has 294 valence electrons. The van der Waals surface area contributed by atoms with Crippen molar-refractivity contribution in [3.8, 4) is 11.5 Å². The summed E-state index contributed by atoms with van der Waals surface area (Å²) < 4.78 is 40.8. The molecule has 6 atom stereocenters. The van der Waals surface area contributed by atoms with Crippen LogP contribution in [0.1, 0.15) is 81.8 Å². The van der Waals surface area contributed by atoms with Gasteiger partial charge in [0.15, 0.2) is 0 Å². The Morgan fingerprint density at radius 1 is 1.09 bits per heavy atom. The average Bonchev–Trinajstić information content (AvgIpc) is 3.18. The van der Waals surface area contributed by atoms with Gasteiger partial charge in [0.25, 0.3) is 0 Å². The number of rotatable bonds is 21. The molecular formula is C43H57FN2O8. The van der Waals surface area contributed by atoms with Gasteiger partial charge in [0.1, 0.15) is 37.1 Å². The molecule has 6 unspecified atom stereocenters. The monoisotopic (exact) mass is 748 g/mol. The lowest BCUT2D eigenvalue weighted by molar-refractivity contribution is -0.255. The number of hydrogen-bond acceptors (Lipinski definition) is 9. The molecule has 2 aromatic rings. The lowest BCUT2D eigenvalue weighted by Gasteiger charge is -2.59. The molecule has 0 spiro atoms. The molecule has 11 heteroatoms. The van der Waals surface area contributed by atoms with Crippen LogP contribution in [0.15, 0.2) is 84.6 Å². The van der Waals surface area contributed by atoms with Gasteiger partial charge in [-0.05, 0) is 80.2 Å². The summed E-state index contributed by atoms with van der Waals surface area (Å²) in [5, 5.41) is 24.2. The fraction of sp³-hybridized carbons (Fsp3) is 0.535. The molecule has 2 aliphatic carbocycles. The Labute approximate surface area is 319 Å². The van der Waals surface area contributed by atoms with Crippen LogP contribution < -0.4 is 9.47 Å². The number of unbranched alkanes of at least 4 members (excludes halogenated alkanes) is 2. The van der Waals surface area contributed by atoms with Gasteiger partial charge < -0.3 is 34.0 Å². The van der Waals surface area contributed by atoms with Crippen LogP contribution in [0.5, 0.6) is 11.5 Å². The highest BCUT2D eigenvalue weighted by Gasteiger charge is 2.65. The third kappa shape index (κ3) is 9.01. The van der Waals surface area contributed by atoms with Crippen LogP contribution in [0, 0.1) is 23.6 Å². The molecule has 2 N–H and O–H groups in total. The number of carbonyl (C=O) groups excluding carboxylic acids is 1. The molecule has 0 bridgehead atoms. The predicted octanol–water partition coefficient (Wildman–Crippen LogP) is 8.09. The van der Waals surface area contributed by atoms with Crippen molar-refractivity contribution in [1.82, 2.24) is 4.90 Å². The van der Waals surface area contributed by atoms with Crippen LogP contribution >= 0.6 is 0 Å². The molecule has 3 aliphatic rings. The van der Waals surface area contributed by atoms with Gasteiger partial charge in [-0.25, -0.2) is 9.18 Å². The van der Waals surface area contributed by atoms with Gasteiger partial charge in [0.2, 0.25) is 5.79 Å². The summed E-state index contributed by atoms with van der Waals surface area (Å²) in [6, 6.07) is 11.6. The van der Waals surface area contributed by atoms with E-state index >= 15 is 0 Å². The minimum absolute atomic E-state index is 0.0499. The highest BCUT2D eigenvalue weighted by molar-refractivity contribution is 6.02. The van der Waals surface area contributed by atoms with Crippen molar-refractivity contribution < 1.29 is 43.2 Å². The second-order valence-electron chi connectivity index (χ2n) is 14.2. The largest absolute Gasteiger partial charge is 0.489 e. The molecule has 2 aromatic carbocycles. The highest BCUT2D eigenvalue weighted by Crippen LogP contribution is 2.62. The predicted molar refractivity (Wildman–Crippen MR) is 206 cm³/mol. The van der Waals surface area contributed by atoms with E-state index in [4.69, 9.17) is 23.8 Å². The number of aliphatic hydroxyl groups excluding tert-OH is 2. The van der Waals surface area contributed by atoms with Gasteiger partial charge in [0, 0.05) is 43.2 Å². The van der Waals surface area contributed by atoms with E-state index in [-0.39, 0.29) is 63.0 Å². The number of allylic oxidation sites excluding steroid dienone is 1. The Kier molecular flexibility index (Phi) is 15.1. The van der Waals surface area contributed by atoms with Crippen molar-refractivity contribution in [3.63, 3.8) is 0 Å². The number of fused-ring (bicyclic) bond motifs is 2. The van der Waals surface area contributed by atoms with Crippen LogP contribution in [-0.2, 0) is 20.9 Å². The van der Waals surface area contributed by atoms with Gasteiger partial charge in [-0.3, -0.25) is 4.90 Å². The number of ether oxygens (including phenoxy) is 4. The van der Waals surface area contributed by atoms with Crippen molar-refractivity contribution in [2.45, 2.75) is 89.1 Å². The Bertz CT molecular complexity index is 1630. The average molecular weight is 749 g/mol. The van der Waals surface area contributed by atoms with Gasteiger partial charge in [0.05, 0.1) is 24.8 Å². The number of benzene rings is 2. The quantitative estimate of drug-likeness (QED) is 0.0748. The Morgan fingerprint density at radius 3 is 2.57 bits per heavy atom. The molecule has 54 heavy (non-hydrogen) atoms. The third-order valence-corrected chi connectivity index (χ3v) is 10.8. The summed E-state index contributed by atoms with van der Waals surface area (Å²) in [6.07, 6.45) is 11.3. The molecule has 1 saturated carbocycles. The lowest BCUT2D eigenvalue weighted by Crippen LogP contribution is -2.70. The molecule has 1 fully saturated rings. The van der Waals surface area contributed by atoms with Crippen molar-refractivity contribution in [1.29, 1.82) is 0 Å². The van der Waals surface area contributed by atoms with E-state index in [2.05, 4.69) is 24.4 Å². The highest BCUT2D eigenvalue weighted by atomic mass is 19.1. The second-order valence-corrected chi connectivity index (χ2v) is 14.2. The van der Waals surface area contributed by atoms with Gasteiger partial charge in [-0.1, -0.05) is 61.3 Å². The smallest absolute Gasteiger partial charge is 0.410 e. The summed E-state index contributed by atoms with van der Waals surface area (Å²) >= 11 is 0. The Morgan fingerprint density at radius 2 is 1.87 bits per heavy atom. The van der Waals surface area contributed by atoms with Crippen molar-refractivity contribution in [2.75, 3.05) is 40.1 Å². The van der Waals surface area contributed by atoms with Crippen LogP contribution in [0.2, 0.25) is 0 Å². The number of oxime groups is 1. The zero-order valence-corrected chi connectivity index (χ0v) is 31.8. The molecule has 1 aliphatic heterocycles. The van der Waals surface area contributed by atoms with E-state index in [0.717, 1.165) is 36.8 Å². The van der Waals surface area contributed by atoms with E-state index in [1.165, 1.54) is 13.2 Å². The maximum absolute atomic E-state index is 14.6. The zero-order chi connectivity index (χ0) is 38.5. The van der Waals surface area contributed by atoms with Gasteiger partial charge in [-0.2, -0.15) is 0 Å². The van der Waals surface area contributed by atoms with Gasteiger partial charge in [-0.15, -0.1) is 13.2 Å². The van der Waals surface area contributed by atoms with Crippen LogP contribution in [-0.4, -0.2) is 78.8 Å². The minimum Gasteiger partial charge on any atom is -0.489 e. The minimum atomic E-state index is -1.38. The van der Waals surface area contributed by atoms with Gasteiger partial charge >= 0.3 is 6.09 Å². The SMILES string of the molecule is C=CCCOC(=O)N(CCC)C1CC(=NOC)C2=CC(CCCCO)C(CCCCO)C3c4cc(OCc5ccccc5F)ccc4OC1(OCC=C)C23. The standard InChI is InChI=1S/C43H57FN2O8/c1-5-8-25-51-42(49)46(21-6-2)39-28-37(45-50-4)34-26-30(15-11-13-22-47)33(17-12-14-23-48)40-35-27-32(52-29-31-16-9-10-18-36(31)44)19-20-38(35)54-43(39,41(34)40)53-24-7-3/h5,7,9-10,16,18-20,26-27,30,33,39-41,47-48H,1,3,6,8,11-15,17,21-25,28-29H2,2,4H3. The summed E-state index contributed by atoms with van der Waals surface area (Å²) in [4.78, 5) is 21.2. The zero-order valence-electron chi connectivity index (χ0n) is 31.8. The first-order valence-electron chi connectivity index (χ1n) is 19.4. The maximum atomic E-state index is 14.6. The van der Waals surface area contributed by atoms with Crippen LogP contribution in [0.3, 0.4) is 0 Å². The van der Waals surface area contributed by atoms with E-state index in [1.54, 1.807) is 35.3 Å². The lowest BCUT2D eigenvalue weighted by atomic mass is 9.55. The third-order valence-electron chi connectivity index (χ3n) is 10.8. The summed E-state index contributed by atoms with van der Waals surface area (Å²) in [6.45, 7) is 10.7. The van der Waals surface area contributed by atoms with E-state index in [9.17, 15) is 19.4 Å². The first-order valence-corrected chi connectivity index (χ1v) is 19.4. The number of carbonyl (C=O) groups is 1.